The van der Waals surface area contributed by atoms with Crippen LogP contribution in [0, 0.1) is 0 Å². The van der Waals surface area contributed by atoms with Gasteiger partial charge in [0.15, 0.2) is 5.82 Å². The van der Waals surface area contributed by atoms with Crippen molar-refractivity contribution >= 4 is 16.7 Å². The molecular weight excluding hydrogens is 288 g/mol. The minimum atomic E-state index is -0.185. The fourth-order valence-electron chi connectivity index (χ4n) is 3.01. The second kappa shape index (κ2) is 5.59. The van der Waals surface area contributed by atoms with Crippen LogP contribution in [-0.2, 0) is 0 Å². The van der Waals surface area contributed by atoms with E-state index < -0.39 is 0 Å². The first kappa shape index (κ1) is 14.1. The maximum absolute atomic E-state index is 9.59. The lowest BCUT2D eigenvalue weighted by Crippen LogP contribution is -2.45. The maximum Gasteiger partial charge on any atom is 0.162 e. The summed E-state index contributed by atoms with van der Waals surface area (Å²) in [7, 11) is 2.04. The lowest BCUT2D eigenvalue weighted by Gasteiger charge is -2.39. The molecule has 4 rings (SSSR count). The molecule has 0 bridgehead atoms. The van der Waals surface area contributed by atoms with E-state index in [2.05, 4.69) is 9.88 Å². The number of aliphatic hydroxyl groups is 1. The molecule has 5 heteroatoms. The lowest BCUT2D eigenvalue weighted by atomic mass is 9.88. The van der Waals surface area contributed by atoms with E-state index in [1.54, 1.807) is 12.4 Å². The molecule has 1 fully saturated rings. The van der Waals surface area contributed by atoms with E-state index >= 15 is 0 Å². The standard InChI is InChI=1S/C18H18N4O/c1-22(13-10-14(23)11-13)18-15-4-2-3-5-16(15)20-17(21-18)12-6-8-19-9-7-12/h2-9,13-14,23H,10-11H2,1H3. The molecule has 5 nitrogen and oxygen atoms in total. The van der Waals surface area contributed by atoms with E-state index in [0.717, 1.165) is 35.1 Å². The molecule has 2 heterocycles. The number of benzene rings is 1. The molecule has 0 radical (unpaired) electrons. The van der Waals surface area contributed by atoms with Gasteiger partial charge in [0.2, 0.25) is 0 Å². The Morgan fingerprint density at radius 1 is 1.04 bits per heavy atom. The molecule has 0 amide bonds. The van der Waals surface area contributed by atoms with Crippen LogP contribution in [0.1, 0.15) is 12.8 Å². The summed E-state index contributed by atoms with van der Waals surface area (Å²) in [6, 6.07) is 12.2. The number of para-hydroxylation sites is 1. The number of nitrogens with zero attached hydrogens (tertiary/aromatic N) is 4. The minimum Gasteiger partial charge on any atom is -0.393 e. The van der Waals surface area contributed by atoms with Crippen LogP contribution in [0.4, 0.5) is 5.82 Å². The zero-order valence-corrected chi connectivity index (χ0v) is 12.9. The quantitative estimate of drug-likeness (QED) is 0.806. The van der Waals surface area contributed by atoms with Gasteiger partial charge in [0.1, 0.15) is 5.82 Å². The third-order valence-corrected chi connectivity index (χ3v) is 4.49. The van der Waals surface area contributed by atoms with Gasteiger partial charge in [-0.15, -0.1) is 0 Å². The van der Waals surface area contributed by atoms with Crippen molar-refractivity contribution in [2.24, 2.45) is 0 Å². The van der Waals surface area contributed by atoms with Crippen LogP contribution in [0.15, 0.2) is 48.8 Å². The highest BCUT2D eigenvalue weighted by molar-refractivity contribution is 5.91. The Morgan fingerprint density at radius 2 is 1.78 bits per heavy atom. The van der Waals surface area contributed by atoms with Gasteiger partial charge in [-0.05, 0) is 37.1 Å². The Morgan fingerprint density at radius 3 is 2.52 bits per heavy atom. The van der Waals surface area contributed by atoms with E-state index in [-0.39, 0.29) is 6.10 Å². The van der Waals surface area contributed by atoms with E-state index in [1.807, 2.05) is 43.4 Å². The smallest absolute Gasteiger partial charge is 0.162 e. The van der Waals surface area contributed by atoms with Crippen molar-refractivity contribution in [3.63, 3.8) is 0 Å². The molecule has 0 atom stereocenters. The van der Waals surface area contributed by atoms with Crippen molar-refractivity contribution in [1.82, 2.24) is 15.0 Å². The molecule has 0 spiro atoms. The van der Waals surface area contributed by atoms with E-state index in [4.69, 9.17) is 9.97 Å². The highest BCUT2D eigenvalue weighted by Gasteiger charge is 2.32. The molecule has 0 aliphatic heterocycles. The predicted octanol–water partition coefficient (Wildman–Crippen LogP) is 2.65. The topological polar surface area (TPSA) is 62.1 Å². The summed E-state index contributed by atoms with van der Waals surface area (Å²) < 4.78 is 0. The van der Waals surface area contributed by atoms with Gasteiger partial charge in [0.05, 0.1) is 11.6 Å². The number of aromatic nitrogens is 3. The van der Waals surface area contributed by atoms with Crippen molar-refractivity contribution in [2.45, 2.75) is 25.0 Å². The van der Waals surface area contributed by atoms with Gasteiger partial charge in [-0.1, -0.05) is 12.1 Å². The first-order valence-electron chi connectivity index (χ1n) is 7.80. The summed E-state index contributed by atoms with van der Waals surface area (Å²) in [5.74, 6) is 1.62. The minimum absolute atomic E-state index is 0.185. The fourth-order valence-corrected chi connectivity index (χ4v) is 3.01. The van der Waals surface area contributed by atoms with Crippen LogP contribution in [0.3, 0.4) is 0 Å². The van der Waals surface area contributed by atoms with E-state index in [1.165, 1.54) is 0 Å². The number of aliphatic hydroxyl groups excluding tert-OH is 1. The zero-order chi connectivity index (χ0) is 15.8. The summed E-state index contributed by atoms with van der Waals surface area (Å²) in [5, 5.41) is 10.6. The highest BCUT2D eigenvalue weighted by Crippen LogP contribution is 2.32. The van der Waals surface area contributed by atoms with Gasteiger partial charge < -0.3 is 10.0 Å². The summed E-state index contributed by atoms with van der Waals surface area (Å²) in [6.45, 7) is 0. The molecule has 116 valence electrons. The number of fused-ring (bicyclic) bond motifs is 1. The number of rotatable bonds is 3. The first-order chi connectivity index (χ1) is 11.2. The monoisotopic (exact) mass is 306 g/mol. The van der Waals surface area contributed by atoms with Gasteiger partial charge in [-0.25, -0.2) is 9.97 Å². The van der Waals surface area contributed by atoms with Gasteiger partial charge >= 0.3 is 0 Å². The van der Waals surface area contributed by atoms with Gasteiger partial charge in [-0.3, -0.25) is 4.98 Å². The SMILES string of the molecule is CN(c1nc(-c2ccncc2)nc2ccccc12)C1CC(O)C1. The normalized spacial score (nSPS) is 20.3. The second-order valence-electron chi connectivity index (χ2n) is 6.01. The molecule has 1 N–H and O–H groups in total. The highest BCUT2D eigenvalue weighted by atomic mass is 16.3. The number of hydrogen-bond donors (Lipinski definition) is 1. The van der Waals surface area contributed by atoms with Crippen LogP contribution in [0.5, 0.6) is 0 Å². The first-order valence-corrected chi connectivity index (χ1v) is 7.80. The second-order valence-corrected chi connectivity index (χ2v) is 6.01. The maximum atomic E-state index is 9.59. The molecule has 1 aromatic carbocycles. The molecular formula is C18H18N4O. The predicted molar refractivity (Wildman–Crippen MR) is 90.2 cm³/mol. The largest absolute Gasteiger partial charge is 0.393 e. The van der Waals surface area contributed by atoms with Crippen LogP contribution in [0.25, 0.3) is 22.3 Å². The third kappa shape index (κ3) is 2.53. The molecule has 1 aliphatic rings. The number of pyridine rings is 1. The van der Waals surface area contributed by atoms with Crippen molar-refractivity contribution in [3.8, 4) is 11.4 Å². The summed E-state index contributed by atoms with van der Waals surface area (Å²) in [4.78, 5) is 15.7. The average molecular weight is 306 g/mol. The van der Waals surface area contributed by atoms with Crippen LogP contribution < -0.4 is 4.90 Å². The Hall–Kier alpha value is -2.53. The Bertz CT molecular complexity index is 831. The fraction of sp³-hybridized carbons (Fsp3) is 0.278. The molecule has 0 unspecified atom stereocenters. The van der Waals surface area contributed by atoms with E-state index in [9.17, 15) is 5.11 Å². The molecule has 0 saturated heterocycles. The third-order valence-electron chi connectivity index (χ3n) is 4.49. The lowest BCUT2D eigenvalue weighted by molar-refractivity contribution is 0.0749. The van der Waals surface area contributed by atoms with Gasteiger partial charge in [0.25, 0.3) is 0 Å². The van der Waals surface area contributed by atoms with Crippen molar-refractivity contribution in [1.29, 1.82) is 0 Å². The Labute approximate surface area is 134 Å². The van der Waals surface area contributed by atoms with Crippen LogP contribution in [-0.4, -0.2) is 39.3 Å². The molecule has 23 heavy (non-hydrogen) atoms. The van der Waals surface area contributed by atoms with Gasteiger partial charge in [0, 0.05) is 36.4 Å². The average Bonchev–Trinajstić information content (AvgIpc) is 2.58. The molecule has 1 aliphatic carbocycles. The number of hydrogen-bond acceptors (Lipinski definition) is 5. The van der Waals surface area contributed by atoms with Crippen molar-refractivity contribution in [3.05, 3.63) is 48.8 Å². The Kier molecular flexibility index (Phi) is 3.42. The van der Waals surface area contributed by atoms with Crippen molar-refractivity contribution < 1.29 is 5.11 Å². The summed E-state index contributed by atoms with van der Waals surface area (Å²) >= 11 is 0. The molecule has 1 saturated carbocycles. The Balaban J connectivity index is 1.84. The number of anilines is 1. The van der Waals surface area contributed by atoms with Crippen LogP contribution in [0.2, 0.25) is 0 Å². The summed E-state index contributed by atoms with van der Waals surface area (Å²) in [6.07, 6.45) is 4.90. The van der Waals surface area contributed by atoms with Crippen LogP contribution >= 0.6 is 0 Å². The molecule has 3 aromatic rings. The van der Waals surface area contributed by atoms with Crippen molar-refractivity contribution in [2.75, 3.05) is 11.9 Å². The molecule has 2 aromatic heterocycles. The van der Waals surface area contributed by atoms with Gasteiger partial charge in [-0.2, -0.15) is 0 Å². The summed E-state index contributed by atoms with van der Waals surface area (Å²) in [5.41, 5.74) is 1.88. The zero-order valence-electron chi connectivity index (χ0n) is 12.9. The van der Waals surface area contributed by atoms with E-state index in [0.29, 0.717) is 11.9 Å².